The van der Waals surface area contributed by atoms with Gasteiger partial charge in [0.15, 0.2) is 0 Å². The summed E-state index contributed by atoms with van der Waals surface area (Å²) in [5.41, 5.74) is 15.0. The Balaban J connectivity index is 1.21. The number of benzene rings is 4. The third-order valence-corrected chi connectivity index (χ3v) is 20.2. The molecule has 1 aliphatic rings. The third kappa shape index (κ3) is 29.8. The van der Waals surface area contributed by atoms with E-state index in [1.807, 2.05) is 6.07 Å². The lowest BCUT2D eigenvalue weighted by Gasteiger charge is -2.29. The van der Waals surface area contributed by atoms with Crippen molar-refractivity contribution in [3.8, 4) is 0 Å². The van der Waals surface area contributed by atoms with Gasteiger partial charge in [0.25, 0.3) is 0 Å². The molecule has 32 nitrogen and oxygen atoms in total. The number of fused-ring (bicyclic) bond motifs is 1. The highest BCUT2D eigenvalue weighted by Crippen LogP contribution is 2.25. The number of aliphatic hydroxyl groups is 3. The lowest BCUT2D eigenvalue weighted by molar-refractivity contribution is -0.136. The second-order valence-corrected chi connectivity index (χ2v) is 29.8. The summed E-state index contributed by atoms with van der Waals surface area (Å²) in [6.07, 6.45) is -2.13. The van der Waals surface area contributed by atoms with Crippen LogP contribution in [0.2, 0.25) is 0 Å². The number of ether oxygens (including phenoxy) is 1. The number of nitrogens with two attached hydrogens (primary N) is 2. The minimum absolute atomic E-state index is 0.00511. The fourth-order valence-electron chi connectivity index (χ4n) is 11.4. The van der Waals surface area contributed by atoms with Crippen LogP contribution in [0.25, 0.3) is 10.9 Å². The Morgan fingerprint density at radius 2 is 1.23 bits per heavy atom. The zero-order valence-electron chi connectivity index (χ0n) is 61.9. The zero-order valence-corrected chi connectivity index (χ0v) is 63.5. The fourth-order valence-corrected chi connectivity index (χ4v) is 13.7. The molecule has 0 saturated carbocycles. The molecular weight excluding hydrogens is 1450 g/mol. The van der Waals surface area contributed by atoms with Gasteiger partial charge in [0.1, 0.15) is 60.7 Å². The van der Waals surface area contributed by atoms with Gasteiger partial charge in [-0.2, -0.15) is 0 Å². The van der Waals surface area contributed by atoms with E-state index in [1.165, 1.54) is 26.0 Å². The summed E-state index contributed by atoms with van der Waals surface area (Å²) in [4.78, 5) is 182. The largest absolute Gasteiger partial charge is 0.445 e. The number of ketones is 1. The van der Waals surface area contributed by atoms with Crippen molar-refractivity contribution in [3.63, 3.8) is 0 Å². The van der Waals surface area contributed by atoms with E-state index in [4.69, 9.17) is 16.2 Å². The topological polar surface area (TPSA) is 504 Å². The number of primary amides is 1. The van der Waals surface area contributed by atoms with Crippen LogP contribution >= 0.6 is 21.6 Å². The number of aromatic amines is 1. The van der Waals surface area contributed by atoms with Crippen molar-refractivity contribution in [1.29, 1.82) is 0 Å². The molecule has 0 bridgehead atoms. The Morgan fingerprint density at radius 3 is 1.87 bits per heavy atom. The first-order valence-corrected chi connectivity index (χ1v) is 38.7. The molecule has 0 radical (unpaired) electrons. The number of hydrogen-bond acceptors (Lipinski definition) is 20. The van der Waals surface area contributed by atoms with Crippen LogP contribution < -0.4 is 75.3 Å². The van der Waals surface area contributed by atoms with Gasteiger partial charge in [-0.05, 0) is 98.7 Å². The first-order valence-electron chi connectivity index (χ1n) is 36.2. The van der Waals surface area contributed by atoms with Gasteiger partial charge in [0, 0.05) is 79.0 Å². The lowest BCUT2D eigenvalue weighted by atomic mass is 10.0. The molecule has 1 aromatic heterocycles. The number of amides is 13. The maximum atomic E-state index is 15.2. The quantitative estimate of drug-likeness (QED) is 0.0203. The summed E-state index contributed by atoms with van der Waals surface area (Å²) in [5.74, 6) is -9.34. The average molecular weight is 1550 g/mol. The molecule has 13 amide bonds. The monoisotopic (exact) mass is 1550 g/mol. The summed E-state index contributed by atoms with van der Waals surface area (Å²) in [7, 11) is 1.96. The van der Waals surface area contributed by atoms with Gasteiger partial charge in [0.2, 0.25) is 59.1 Å². The fraction of sp³-hybridized carbons (Fsp3) is 0.480. The van der Waals surface area contributed by atoms with E-state index in [9.17, 15) is 68.1 Å². The molecule has 1 fully saturated rings. The Bertz CT molecular complexity index is 3870. The van der Waals surface area contributed by atoms with Crippen LogP contribution in [0.5, 0.6) is 0 Å². The van der Waals surface area contributed by atoms with Crippen molar-refractivity contribution in [2.45, 2.75) is 185 Å². The van der Waals surface area contributed by atoms with Crippen LogP contribution in [0.1, 0.15) is 109 Å². The molecule has 0 spiro atoms. The van der Waals surface area contributed by atoms with Gasteiger partial charge < -0.3 is 100 Å². The van der Waals surface area contributed by atoms with Crippen molar-refractivity contribution >= 4 is 115 Å². The predicted octanol–water partition coefficient (Wildman–Crippen LogP) is 1.18. The van der Waals surface area contributed by atoms with E-state index in [0.29, 0.717) is 33.3 Å². The molecule has 1 saturated heterocycles. The molecule has 6 rings (SSSR count). The van der Waals surface area contributed by atoms with E-state index >= 15 is 9.59 Å². The molecule has 592 valence electrons. The average Bonchev–Trinajstić information content (AvgIpc) is 1.67. The van der Waals surface area contributed by atoms with Crippen molar-refractivity contribution in [2.24, 2.45) is 23.3 Å². The number of H-pyrrole nitrogens is 1. The minimum Gasteiger partial charge on any atom is -0.445 e. The summed E-state index contributed by atoms with van der Waals surface area (Å²) in [5, 5.41) is 64.3. The van der Waals surface area contributed by atoms with Gasteiger partial charge in [-0.15, -0.1) is 0 Å². The number of hydrogen-bond donors (Lipinski definition) is 18. The van der Waals surface area contributed by atoms with Crippen molar-refractivity contribution in [2.75, 3.05) is 36.5 Å². The summed E-state index contributed by atoms with van der Waals surface area (Å²) in [6, 6.07) is 16.5. The second kappa shape index (κ2) is 45.0. The number of aliphatic hydroxyl groups excluding tert-OH is 3. The van der Waals surface area contributed by atoms with Crippen LogP contribution in [-0.2, 0) is 83.3 Å². The Morgan fingerprint density at radius 1 is 0.615 bits per heavy atom. The number of carbonyl (C=O) groups excluding carboxylic acids is 13. The Kier molecular flexibility index (Phi) is 36.2. The maximum Gasteiger partial charge on any atom is 0.407 e. The second-order valence-electron chi connectivity index (χ2n) is 27.3. The third-order valence-electron chi connectivity index (χ3n) is 17.8. The summed E-state index contributed by atoms with van der Waals surface area (Å²) >= 11 is 0. The van der Waals surface area contributed by atoms with Gasteiger partial charge in [0.05, 0.1) is 30.9 Å². The molecule has 1 aliphatic heterocycles. The van der Waals surface area contributed by atoms with E-state index in [1.54, 1.807) is 125 Å². The highest BCUT2D eigenvalue weighted by molar-refractivity contribution is 8.76. The first kappa shape index (κ1) is 87.8. The standard InChI is InChI=1S/C75H103N15O17S2/c1-42(2)61(94)30-31-62(95)89-63(43(3)4)72(103)83-55(25-17-33-78-74(77)105)66(97)81-50-28-26-48(27-29-50)39-107-75(106)79-32-16-15-24-54-67(98)90-64(45(6)93)73(104)88-60(71(102)86-58(38-91)44(5)92)41-109-108-40-59(87-65(96)52(76)34-46-18-9-7-10-19-46)70(101)84-56(35-47-20-11-8-12-21-47)68(99)85-57(69(100)82-54)36-49-37-80-53-23-14-13-22-51(49)53/h7-14,18-23,26-29,37,42-45,52,54-60,63-64,80,91-93H,15-17,24-25,30-36,38-41,76H2,1-6H3,(H,79,106)(H,81,97)(H,82,100)(H,83,103)(H,84,101)(H,85,99)(H,86,102)(H,87,96)(H,88,104)(H,89,95)(H,90,98)(H3,77,78,105)/t44-,45-,52-,54+,55+,56+,57-,58-,59+,60+,63+,64?/m1/s1. The van der Waals surface area contributed by atoms with Crippen LogP contribution in [0.3, 0.4) is 0 Å². The molecule has 12 atom stereocenters. The van der Waals surface area contributed by atoms with Crippen LogP contribution in [0.4, 0.5) is 15.3 Å². The summed E-state index contributed by atoms with van der Waals surface area (Å²) in [6.45, 7) is 8.50. The number of rotatable bonds is 34. The molecule has 109 heavy (non-hydrogen) atoms. The SMILES string of the molecule is CC(C)C(=O)CCC(=O)N[C@H](C(=O)N[C@@H](CCCNC(N)=O)C(=O)Nc1ccc(COC(=O)NCCCC[C@@H]2NC(=O)[C@@H](Cc3c[nH]c4ccccc34)NC(=O)[C@H](Cc3ccccc3)NC(=O)[C@@H](NC(=O)[C@H](N)Cc3ccccc3)CSSC[C@@H](C(=O)N[C@H](CO)[C@@H](C)O)NC(=O)C([C@@H](C)O)NC2=O)cc1)C(C)C. The van der Waals surface area contributed by atoms with Crippen molar-refractivity contribution in [1.82, 2.24) is 63.5 Å². The Hall–Kier alpha value is -10.1. The van der Waals surface area contributed by atoms with Crippen molar-refractivity contribution < 1.29 is 82.4 Å². The number of alkyl carbamates (subject to hydrolysis) is 1. The highest BCUT2D eigenvalue weighted by atomic mass is 33.1. The van der Waals surface area contributed by atoms with Crippen LogP contribution in [0.15, 0.2) is 115 Å². The first-order chi connectivity index (χ1) is 52.0. The number of unbranched alkanes of at least 4 members (excludes halogenated alkanes) is 1. The van der Waals surface area contributed by atoms with Gasteiger partial charge in [-0.25, -0.2) is 9.59 Å². The van der Waals surface area contributed by atoms with Crippen LogP contribution in [-0.4, -0.2) is 201 Å². The number of anilines is 1. The van der Waals surface area contributed by atoms with E-state index in [2.05, 4.69) is 68.8 Å². The van der Waals surface area contributed by atoms with E-state index in [0.717, 1.165) is 27.2 Å². The van der Waals surface area contributed by atoms with Crippen molar-refractivity contribution in [3.05, 3.63) is 138 Å². The number of Topliss-reactive ketones (excluding diaryl/α,β-unsaturated/α-hetero) is 1. The molecule has 20 N–H and O–H groups in total. The zero-order chi connectivity index (χ0) is 79.7. The smallest absolute Gasteiger partial charge is 0.407 e. The number of nitrogens with one attached hydrogen (secondary N) is 13. The minimum atomic E-state index is -1.81. The molecule has 2 heterocycles. The number of carbonyl (C=O) groups is 13. The molecule has 34 heteroatoms. The predicted molar refractivity (Wildman–Crippen MR) is 411 cm³/mol. The maximum absolute atomic E-state index is 15.2. The van der Waals surface area contributed by atoms with E-state index in [-0.39, 0.29) is 107 Å². The van der Waals surface area contributed by atoms with Crippen LogP contribution in [0, 0.1) is 11.8 Å². The molecule has 4 aromatic carbocycles. The number of aromatic nitrogens is 1. The molecular formula is C75H103N15O17S2. The van der Waals surface area contributed by atoms with Gasteiger partial charge in [-0.3, -0.25) is 52.7 Å². The normalized spacial score (nSPS) is 19.3. The van der Waals surface area contributed by atoms with E-state index < -0.39 is 156 Å². The van der Waals surface area contributed by atoms with Gasteiger partial charge in [-0.1, -0.05) is 140 Å². The lowest BCUT2D eigenvalue weighted by Crippen LogP contribution is -2.62. The number of para-hydroxylation sites is 1. The molecule has 1 unspecified atom stereocenters. The Labute approximate surface area is 640 Å². The highest BCUT2D eigenvalue weighted by Gasteiger charge is 2.38. The number of urea groups is 1. The molecule has 0 aliphatic carbocycles. The molecule has 5 aromatic rings. The summed E-state index contributed by atoms with van der Waals surface area (Å²) < 4.78 is 5.48. The van der Waals surface area contributed by atoms with Gasteiger partial charge >= 0.3 is 12.1 Å².